The summed E-state index contributed by atoms with van der Waals surface area (Å²) >= 11 is 0. The molecule has 1 N–H and O–H groups in total. The molecule has 0 aromatic carbocycles. The summed E-state index contributed by atoms with van der Waals surface area (Å²) in [5.74, 6) is 0. The van der Waals surface area contributed by atoms with E-state index < -0.39 is 0 Å². The molecule has 0 spiro atoms. The lowest BCUT2D eigenvalue weighted by atomic mass is 10.4. The molecule has 0 heterocycles. The molecule has 0 saturated carbocycles. The van der Waals surface area contributed by atoms with E-state index in [0.717, 1.165) is 19.8 Å². The average Bonchev–Trinajstić information content (AvgIpc) is 1.87. The third-order valence-corrected chi connectivity index (χ3v) is 1.39. The number of ether oxygens (including phenoxy) is 1. The van der Waals surface area contributed by atoms with Gasteiger partial charge in [-0.2, -0.15) is 0 Å². The summed E-state index contributed by atoms with van der Waals surface area (Å²) < 4.78 is 5.36. The van der Waals surface area contributed by atoms with Gasteiger partial charge in [-0.25, -0.2) is 0 Å². The average molecular weight is 146 g/mol. The van der Waals surface area contributed by atoms with Crippen molar-refractivity contribution in [1.29, 1.82) is 0 Å². The zero-order valence-corrected chi connectivity index (χ0v) is 7.44. The molecule has 0 aliphatic carbocycles. The zero-order valence-electron chi connectivity index (χ0n) is 7.44. The van der Waals surface area contributed by atoms with Crippen LogP contribution in [0, 0.1) is 0 Å². The van der Waals surface area contributed by atoms with Crippen LogP contribution in [0.1, 0.15) is 19.8 Å². The second-order valence-corrected chi connectivity index (χ2v) is 2.92. The van der Waals surface area contributed by atoms with E-state index in [4.69, 9.17) is 4.74 Å². The first-order valence-electron chi connectivity index (χ1n) is 4.14. The van der Waals surface area contributed by atoms with Gasteiger partial charge in [0.05, 0.1) is 20.7 Å². The van der Waals surface area contributed by atoms with Crippen LogP contribution in [-0.4, -0.2) is 33.9 Å². The van der Waals surface area contributed by atoms with Crippen LogP contribution in [-0.2, 0) is 4.74 Å². The van der Waals surface area contributed by atoms with Crippen molar-refractivity contribution in [2.45, 2.75) is 19.8 Å². The Kier molecular flexibility index (Phi) is 6.98. The molecule has 0 aliphatic rings. The first-order chi connectivity index (χ1) is 4.77. The van der Waals surface area contributed by atoms with E-state index in [1.807, 2.05) is 0 Å². The Morgan fingerprint density at radius 3 is 2.40 bits per heavy atom. The van der Waals surface area contributed by atoms with Gasteiger partial charge in [-0.1, -0.05) is 13.3 Å². The Hall–Kier alpha value is -0.0800. The van der Waals surface area contributed by atoms with Crippen LogP contribution in [0.2, 0.25) is 0 Å². The number of quaternary nitrogens is 1. The van der Waals surface area contributed by atoms with Gasteiger partial charge in [0.15, 0.2) is 0 Å². The summed E-state index contributed by atoms with van der Waals surface area (Å²) in [6.07, 6.45) is 2.43. The molecular weight excluding hydrogens is 126 g/mol. The molecule has 62 valence electrons. The lowest BCUT2D eigenvalue weighted by Gasteiger charge is -2.06. The lowest BCUT2D eigenvalue weighted by molar-refractivity contribution is -0.858. The highest BCUT2D eigenvalue weighted by molar-refractivity contribution is 4.31. The molecule has 0 amide bonds. The maximum absolute atomic E-state index is 5.36. The predicted molar refractivity (Wildman–Crippen MR) is 43.4 cm³/mol. The first kappa shape index (κ1) is 9.92. The van der Waals surface area contributed by atoms with Crippen LogP contribution in [0.15, 0.2) is 0 Å². The standard InChI is InChI=1S/C8H19NO/c1-4-5-7-10-8-6-9(2)3/h4-8H2,1-3H3/p+1. The van der Waals surface area contributed by atoms with E-state index in [1.54, 1.807) is 0 Å². The minimum absolute atomic E-state index is 0.905. The number of nitrogens with one attached hydrogen (secondary N) is 1. The highest BCUT2D eigenvalue weighted by atomic mass is 16.5. The Balaban J connectivity index is 2.77. The Bertz CT molecular complexity index is 64.3. The van der Waals surface area contributed by atoms with Gasteiger partial charge < -0.3 is 9.64 Å². The molecule has 0 bridgehead atoms. The molecule has 0 atom stereocenters. The Morgan fingerprint density at radius 2 is 1.90 bits per heavy atom. The van der Waals surface area contributed by atoms with Crippen molar-refractivity contribution in [2.24, 2.45) is 0 Å². The molecule has 0 saturated heterocycles. The van der Waals surface area contributed by atoms with Gasteiger partial charge in [0, 0.05) is 6.61 Å². The molecule has 2 heteroatoms. The fraction of sp³-hybridized carbons (Fsp3) is 1.00. The number of likely N-dealkylation sites (N-methyl/N-ethyl adjacent to an activating group) is 1. The van der Waals surface area contributed by atoms with E-state index in [0.29, 0.717) is 0 Å². The minimum Gasteiger partial charge on any atom is -0.376 e. The summed E-state index contributed by atoms with van der Waals surface area (Å²) in [6, 6.07) is 0. The third kappa shape index (κ3) is 7.92. The predicted octanol–water partition coefficient (Wildman–Crippen LogP) is -0.0524. The van der Waals surface area contributed by atoms with Crippen LogP contribution in [0.3, 0.4) is 0 Å². The van der Waals surface area contributed by atoms with Gasteiger partial charge in [0.2, 0.25) is 0 Å². The number of hydrogen-bond donors (Lipinski definition) is 1. The van der Waals surface area contributed by atoms with Gasteiger partial charge in [0.1, 0.15) is 6.54 Å². The van der Waals surface area contributed by atoms with Gasteiger partial charge in [-0.15, -0.1) is 0 Å². The minimum atomic E-state index is 0.905. The Morgan fingerprint density at radius 1 is 1.20 bits per heavy atom. The molecule has 0 aliphatic heterocycles. The van der Waals surface area contributed by atoms with Crippen molar-refractivity contribution in [1.82, 2.24) is 0 Å². The second kappa shape index (κ2) is 7.03. The van der Waals surface area contributed by atoms with E-state index in [1.165, 1.54) is 17.7 Å². The SMILES string of the molecule is CCCCOCC[NH+](C)C. The fourth-order valence-electron chi connectivity index (χ4n) is 0.625. The van der Waals surface area contributed by atoms with Gasteiger partial charge in [-0.3, -0.25) is 0 Å². The second-order valence-electron chi connectivity index (χ2n) is 2.92. The zero-order chi connectivity index (χ0) is 7.82. The molecule has 10 heavy (non-hydrogen) atoms. The maximum atomic E-state index is 5.36. The normalized spacial score (nSPS) is 10.8. The van der Waals surface area contributed by atoms with Crippen molar-refractivity contribution in [2.75, 3.05) is 33.9 Å². The third-order valence-electron chi connectivity index (χ3n) is 1.39. The Labute approximate surface area is 64.2 Å². The van der Waals surface area contributed by atoms with Crippen molar-refractivity contribution in [3.05, 3.63) is 0 Å². The molecule has 2 nitrogen and oxygen atoms in total. The van der Waals surface area contributed by atoms with E-state index >= 15 is 0 Å². The van der Waals surface area contributed by atoms with Crippen molar-refractivity contribution < 1.29 is 9.64 Å². The number of hydrogen-bond acceptors (Lipinski definition) is 1. The summed E-state index contributed by atoms with van der Waals surface area (Å²) in [6.45, 7) is 5.14. The maximum Gasteiger partial charge on any atom is 0.100 e. The van der Waals surface area contributed by atoms with Gasteiger partial charge >= 0.3 is 0 Å². The molecule has 0 aromatic rings. The monoisotopic (exact) mass is 146 g/mol. The van der Waals surface area contributed by atoms with Crippen LogP contribution in [0.25, 0.3) is 0 Å². The molecular formula is C8H20NO+. The highest BCUT2D eigenvalue weighted by Crippen LogP contribution is 1.85. The van der Waals surface area contributed by atoms with Gasteiger partial charge in [0.25, 0.3) is 0 Å². The van der Waals surface area contributed by atoms with E-state index in [2.05, 4.69) is 21.0 Å². The largest absolute Gasteiger partial charge is 0.376 e. The topological polar surface area (TPSA) is 13.7 Å². The van der Waals surface area contributed by atoms with Crippen LogP contribution >= 0.6 is 0 Å². The molecule has 0 fully saturated rings. The summed E-state index contributed by atoms with van der Waals surface area (Å²) in [4.78, 5) is 1.46. The molecule has 0 radical (unpaired) electrons. The highest BCUT2D eigenvalue weighted by Gasteiger charge is 1.91. The summed E-state index contributed by atoms with van der Waals surface area (Å²) in [7, 11) is 4.28. The fourth-order valence-corrected chi connectivity index (χ4v) is 0.625. The summed E-state index contributed by atoms with van der Waals surface area (Å²) in [5, 5.41) is 0. The molecule has 0 unspecified atom stereocenters. The summed E-state index contributed by atoms with van der Waals surface area (Å²) in [5.41, 5.74) is 0. The molecule has 0 rings (SSSR count). The van der Waals surface area contributed by atoms with Crippen LogP contribution < -0.4 is 4.90 Å². The first-order valence-corrected chi connectivity index (χ1v) is 4.14. The molecule has 0 aromatic heterocycles. The van der Waals surface area contributed by atoms with Crippen molar-refractivity contribution >= 4 is 0 Å². The smallest absolute Gasteiger partial charge is 0.100 e. The van der Waals surface area contributed by atoms with Crippen molar-refractivity contribution in [3.63, 3.8) is 0 Å². The lowest BCUT2D eigenvalue weighted by Crippen LogP contribution is -3.06. The van der Waals surface area contributed by atoms with Crippen LogP contribution in [0.5, 0.6) is 0 Å². The van der Waals surface area contributed by atoms with Crippen molar-refractivity contribution in [3.8, 4) is 0 Å². The van der Waals surface area contributed by atoms with Gasteiger partial charge in [-0.05, 0) is 6.42 Å². The number of rotatable bonds is 6. The quantitative estimate of drug-likeness (QED) is 0.519. The number of unbranched alkanes of at least 4 members (excludes halogenated alkanes) is 1. The van der Waals surface area contributed by atoms with Crippen LogP contribution in [0.4, 0.5) is 0 Å². The van der Waals surface area contributed by atoms with E-state index in [9.17, 15) is 0 Å². The van der Waals surface area contributed by atoms with E-state index in [-0.39, 0.29) is 0 Å².